The molecule has 1 aromatic rings. The van der Waals surface area contributed by atoms with Gasteiger partial charge in [-0.15, -0.1) is 0 Å². The summed E-state index contributed by atoms with van der Waals surface area (Å²) in [6.45, 7) is 8.19. The van der Waals surface area contributed by atoms with Gasteiger partial charge in [-0.25, -0.2) is 0 Å². The van der Waals surface area contributed by atoms with E-state index in [9.17, 15) is 0 Å². The van der Waals surface area contributed by atoms with Gasteiger partial charge in [-0.3, -0.25) is 0 Å². The first-order valence-electron chi connectivity index (χ1n) is 4.53. The Morgan fingerprint density at radius 1 is 1.23 bits per heavy atom. The van der Waals surface area contributed by atoms with Crippen molar-refractivity contribution in [2.75, 3.05) is 0 Å². The average molecular weight is 173 g/mol. The van der Waals surface area contributed by atoms with Gasteiger partial charge in [-0.05, 0) is 44.4 Å². The lowest BCUT2D eigenvalue weighted by Crippen LogP contribution is -1.97. The molecule has 0 aromatic heterocycles. The van der Waals surface area contributed by atoms with Gasteiger partial charge in [-0.1, -0.05) is 17.7 Å². The number of nitrogens with zero attached hydrogens (tertiary/aromatic N) is 1. The van der Waals surface area contributed by atoms with Crippen molar-refractivity contribution >= 4 is 0 Å². The van der Waals surface area contributed by atoms with Crippen LogP contribution >= 0.6 is 0 Å². The molecule has 0 aliphatic carbocycles. The molecule has 0 radical (unpaired) electrons. The van der Waals surface area contributed by atoms with Crippen molar-refractivity contribution < 1.29 is 0 Å². The predicted octanol–water partition coefficient (Wildman–Crippen LogP) is 3.24. The molecule has 0 saturated heterocycles. The fourth-order valence-corrected chi connectivity index (χ4v) is 1.59. The van der Waals surface area contributed by atoms with Crippen molar-refractivity contribution in [1.29, 1.82) is 5.26 Å². The molecule has 68 valence electrons. The van der Waals surface area contributed by atoms with Crippen LogP contribution in [0.1, 0.15) is 35.1 Å². The summed E-state index contributed by atoms with van der Waals surface area (Å²) < 4.78 is 0. The Labute approximate surface area is 80.0 Å². The maximum Gasteiger partial charge on any atom is 0.0701 e. The highest BCUT2D eigenvalue weighted by molar-refractivity contribution is 5.40. The van der Waals surface area contributed by atoms with E-state index < -0.39 is 0 Å². The van der Waals surface area contributed by atoms with Crippen LogP contribution in [0.2, 0.25) is 0 Å². The van der Waals surface area contributed by atoms with E-state index in [2.05, 4.69) is 39.0 Å². The van der Waals surface area contributed by atoms with Crippen LogP contribution in [0.5, 0.6) is 0 Å². The smallest absolute Gasteiger partial charge is 0.0701 e. The average Bonchev–Trinajstić information content (AvgIpc) is 2.10. The molecule has 0 aliphatic heterocycles. The first kappa shape index (κ1) is 9.80. The fraction of sp³-hybridized carbons (Fsp3) is 0.417. The lowest BCUT2D eigenvalue weighted by Gasteiger charge is -2.11. The van der Waals surface area contributed by atoms with Gasteiger partial charge in [0.1, 0.15) is 0 Å². The Kier molecular flexibility index (Phi) is 2.72. The van der Waals surface area contributed by atoms with E-state index in [4.69, 9.17) is 5.26 Å². The standard InChI is InChI=1S/C12H15N/c1-8-5-9(2)11(4)12(6-8)10(3)7-13/h5-6,10H,1-4H3. The molecular formula is C12H15N. The second-order valence-electron chi connectivity index (χ2n) is 3.65. The van der Waals surface area contributed by atoms with Crippen LogP contribution in [0, 0.1) is 32.1 Å². The van der Waals surface area contributed by atoms with Crippen molar-refractivity contribution in [2.24, 2.45) is 0 Å². The van der Waals surface area contributed by atoms with Crippen molar-refractivity contribution in [1.82, 2.24) is 0 Å². The normalized spacial score (nSPS) is 12.2. The third-order valence-corrected chi connectivity index (χ3v) is 2.51. The van der Waals surface area contributed by atoms with Gasteiger partial charge in [0.05, 0.1) is 12.0 Å². The van der Waals surface area contributed by atoms with E-state index >= 15 is 0 Å². The molecule has 1 nitrogen and oxygen atoms in total. The molecule has 1 aromatic carbocycles. The lowest BCUT2D eigenvalue weighted by atomic mass is 9.92. The molecular weight excluding hydrogens is 158 g/mol. The van der Waals surface area contributed by atoms with Crippen LogP contribution in [0.4, 0.5) is 0 Å². The molecule has 0 saturated carbocycles. The Hall–Kier alpha value is -1.29. The third-order valence-electron chi connectivity index (χ3n) is 2.51. The highest BCUT2D eigenvalue weighted by Gasteiger charge is 2.09. The second kappa shape index (κ2) is 3.62. The quantitative estimate of drug-likeness (QED) is 0.639. The minimum absolute atomic E-state index is 0.00130. The van der Waals surface area contributed by atoms with E-state index in [1.165, 1.54) is 22.3 Å². The predicted molar refractivity (Wildman–Crippen MR) is 54.7 cm³/mol. The Balaban J connectivity index is 3.30. The molecule has 1 unspecified atom stereocenters. The minimum atomic E-state index is -0.00130. The van der Waals surface area contributed by atoms with E-state index in [0.717, 1.165) is 0 Å². The lowest BCUT2D eigenvalue weighted by molar-refractivity contribution is 0.957. The zero-order valence-corrected chi connectivity index (χ0v) is 8.68. The van der Waals surface area contributed by atoms with Crippen LogP contribution < -0.4 is 0 Å². The first-order valence-corrected chi connectivity index (χ1v) is 4.53. The maximum absolute atomic E-state index is 8.84. The number of nitriles is 1. The summed E-state index contributed by atoms with van der Waals surface area (Å²) >= 11 is 0. The molecule has 1 rings (SSSR count). The zero-order chi connectivity index (χ0) is 10.0. The van der Waals surface area contributed by atoms with Crippen molar-refractivity contribution in [3.8, 4) is 6.07 Å². The summed E-state index contributed by atoms with van der Waals surface area (Å²) in [4.78, 5) is 0. The summed E-state index contributed by atoms with van der Waals surface area (Å²) in [5.41, 5.74) is 4.93. The van der Waals surface area contributed by atoms with Crippen molar-refractivity contribution in [2.45, 2.75) is 33.6 Å². The minimum Gasteiger partial charge on any atom is -0.198 e. The Morgan fingerprint density at radius 2 is 1.85 bits per heavy atom. The molecule has 1 atom stereocenters. The summed E-state index contributed by atoms with van der Waals surface area (Å²) in [5.74, 6) is -0.00130. The highest BCUT2D eigenvalue weighted by Crippen LogP contribution is 2.23. The maximum atomic E-state index is 8.84. The number of benzene rings is 1. The van der Waals surface area contributed by atoms with Crippen LogP contribution in [0.25, 0.3) is 0 Å². The summed E-state index contributed by atoms with van der Waals surface area (Å²) in [7, 11) is 0. The van der Waals surface area contributed by atoms with E-state index in [-0.39, 0.29) is 5.92 Å². The molecule has 0 fully saturated rings. The van der Waals surface area contributed by atoms with Gasteiger partial charge in [0.2, 0.25) is 0 Å². The molecule has 0 spiro atoms. The van der Waals surface area contributed by atoms with E-state index in [1.807, 2.05) is 6.92 Å². The van der Waals surface area contributed by atoms with Gasteiger partial charge in [-0.2, -0.15) is 5.26 Å². The number of rotatable bonds is 1. The zero-order valence-electron chi connectivity index (χ0n) is 8.68. The first-order chi connectivity index (χ1) is 6.06. The van der Waals surface area contributed by atoms with Crippen LogP contribution in [-0.4, -0.2) is 0 Å². The summed E-state index contributed by atoms with van der Waals surface area (Å²) in [6.07, 6.45) is 0. The third kappa shape index (κ3) is 1.89. The monoisotopic (exact) mass is 173 g/mol. The fourth-order valence-electron chi connectivity index (χ4n) is 1.59. The van der Waals surface area contributed by atoms with Gasteiger partial charge in [0, 0.05) is 0 Å². The largest absolute Gasteiger partial charge is 0.198 e. The second-order valence-corrected chi connectivity index (χ2v) is 3.65. The summed E-state index contributed by atoms with van der Waals surface area (Å²) in [6, 6.07) is 6.54. The number of aryl methyl sites for hydroxylation is 2. The molecule has 0 heterocycles. The SMILES string of the molecule is Cc1cc(C)c(C)c(C(C)C#N)c1. The van der Waals surface area contributed by atoms with Crippen molar-refractivity contribution in [3.05, 3.63) is 34.4 Å². The number of hydrogen-bond donors (Lipinski definition) is 0. The Bertz CT molecular complexity index is 358. The molecule has 13 heavy (non-hydrogen) atoms. The van der Waals surface area contributed by atoms with Gasteiger partial charge in [0.15, 0.2) is 0 Å². The summed E-state index contributed by atoms with van der Waals surface area (Å²) in [5, 5.41) is 8.84. The highest BCUT2D eigenvalue weighted by atomic mass is 14.3. The molecule has 0 bridgehead atoms. The van der Waals surface area contributed by atoms with E-state index in [0.29, 0.717) is 0 Å². The topological polar surface area (TPSA) is 23.8 Å². The van der Waals surface area contributed by atoms with Crippen LogP contribution in [-0.2, 0) is 0 Å². The van der Waals surface area contributed by atoms with Gasteiger partial charge >= 0.3 is 0 Å². The van der Waals surface area contributed by atoms with Crippen LogP contribution in [0.15, 0.2) is 12.1 Å². The molecule has 0 N–H and O–H groups in total. The van der Waals surface area contributed by atoms with Gasteiger partial charge < -0.3 is 0 Å². The molecule has 1 heteroatoms. The number of hydrogen-bond acceptors (Lipinski definition) is 1. The van der Waals surface area contributed by atoms with Gasteiger partial charge in [0.25, 0.3) is 0 Å². The van der Waals surface area contributed by atoms with Crippen LogP contribution in [0.3, 0.4) is 0 Å². The molecule has 0 aliphatic rings. The van der Waals surface area contributed by atoms with E-state index in [1.54, 1.807) is 0 Å². The Morgan fingerprint density at radius 3 is 2.38 bits per heavy atom. The van der Waals surface area contributed by atoms with Crippen molar-refractivity contribution in [3.63, 3.8) is 0 Å². The molecule has 0 amide bonds.